The molecule has 4 rings (SSSR count). The number of thiocarbonyl (C=S) groups is 1. The fourth-order valence-corrected chi connectivity index (χ4v) is 5.15. The van der Waals surface area contributed by atoms with Crippen LogP contribution in [-0.4, -0.2) is 43.5 Å². The van der Waals surface area contributed by atoms with Crippen molar-refractivity contribution in [2.45, 2.75) is 28.8 Å². The molecule has 1 aromatic carbocycles. The number of nitrogens with zero attached hydrogens (tertiary/aromatic N) is 2. The lowest BCUT2D eigenvalue weighted by atomic mass is 9.83. The van der Waals surface area contributed by atoms with Gasteiger partial charge in [-0.25, -0.2) is 0 Å². The van der Waals surface area contributed by atoms with Gasteiger partial charge < -0.3 is 20.1 Å². The number of piperidine rings is 1. The van der Waals surface area contributed by atoms with Crippen LogP contribution in [0.1, 0.15) is 28.4 Å². The number of aromatic nitrogens is 1. The van der Waals surface area contributed by atoms with Gasteiger partial charge in [0.15, 0.2) is 5.11 Å². The van der Waals surface area contributed by atoms with E-state index in [4.69, 9.17) is 47.0 Å². The number of benzene rings is 1. The molecular weight excluding hydrogens is 559 g/mol. The maximum Gasteiger partial charge on any atom is 0.252 e. The molecule has 1 amide bonds. The normalized spacial score (nSPS) is 20.8. The Morgan fingerprint density at radius 1 is 1.09 bits per heavy atom. The molecule has 0 aliphatic carbocycles. The van der Waals surface area contributed by atoms with Crippen LogP contribution in [-0.2, 0) is 6.54 Å². The van der Waals surface area contributed by atoms with Crippen LogP contribution in [0.5, 0.6) is 0 Å². The maximum absolute atomic E-state index is 12.7. The summed E-state index contributed by atoms with van der Waals surface area (Å²) in [7, 11) is 0. The second kappa shape index (κ2) is 9.50. The van der Waals surface area contributed by atoms with Crippen LogP contribution in [0.15, 0.2) is 51.7 Å². The zero-order valence-electron chi connectivity index (χ0n) is 16.7. The summed E-state index contributed by atoms with van der Waals surface area (Å²) in [6.45, 7) is 1.97. The molecule has 1 aromatic heterocycles. The molecule has 1 unspecified atom stereocenters. The van der Waals surface area contributed by atoms with E-state index in [-0.39, 0.29) is 17.4 Å². The first-order valence-corrected chi connectivity index (χ1v) is 12.3. The van der Waals surface area contributed by atoms with Crippen LogP contribution in [0.3, 0.4) is 0 Å². The molecule has 2 aromatic rings. The smallest absolute Gasteiger partial charge is 0.252 e. The number of nitrogens with one attached hydrogen (secondary N) is 2. The lowest BCUT2D eigenvalue weighted by molar-refractivity contribution is 0.0932. The lowest BCUT2D eigenvalue weighted by Gasteiger charge is -2.44. The first-order chi connectivity index (χ1) is 15.1. The van der Waals surface area contributed by atoms with Crippen molar-refractivity contribution < 1.29 is 4.79 Å². The van der Waals surface area contributed by atoms with Crippen molar-refractivity contribution in [2.24, 2.45) is 5.92 Å². The Hall–Kier alpha value is -1.32. The molecule has 1 saturated heterocycles. The van der Waals surface area contributed by atoms with E-state index < -0.39 is 15.9 Å². The number of halogens is 4. The highest BCUT2D eigenvalue weighted by Crippen LogP contribution is 2.35. The minimum atomic E-state index is -1.83. The molecule has 6 nitrogen and oxygen atoms in total. The lowest BCUT2D eigenvalue weighted by Crippen LogP contribution is -2.60. The average molecular weight is 579 g/mol. The number of alkyl halides is 3. The van der Waals surface area contributed by atoms with E-state index in [1.165, 1.54) is 0 Å². The summed E-state index contributed by atoms with van der Waals surface area (Å²) in [6.07, 6.45) is -0.0376. The standard InChI is InChI=1S/C21H20BrCl3N4O2S/c22-15-6-4-13(5-7-15)18(31)26-19(21(23,24)25)27-20(32)28-9-12-8-14(11-28)16-2-1-3-17(30)29(16)10-12/h1-7,12,14,19H,8-11H2,(H,26,31)(H,27,32)/t12-,14-,19?/m0/s1. The largest absolute Gasteiger partial charge is 0.348 e. The third-order valence-electron chi connectivity index (χ3n) is 5.74. The molecule has 0 radical (unpaired) electrons. The van der Waals surface area contributed by atoms with Gasteiger partial charge in [-0.05, 0) is 54.9 Å². The number of hydrogen-bond donors (Lipinski definition) is 2. The summed E-state index contributed by atoms with van der Waals surface area (Å²) >= 11 is 27.4. The third kappa shape index (κ3) is 5.25. The van der Waals surface area contributed by atoms with Gasteiger partial charge in [-0.15, -0.1) is 0 Å². The predicted octanol–water partition coefficient (Wildman–Crippen LogP) is 4.03. The van der Waals surface area contributed by atoms with E-state index in [0.29, 0.717) is 30.3 Å². The van der Waals surface area contributed by atoms with Gasteiger partial charge in [-0.2, -0.15) is 0 Å². The molecule has 1 fully saturated rings. The SMILES string of the molecule is O=C(NC(NC(=S)N1C[C@@H]2C[C@@H](C1)c1cccc(=O)n1C2)C(Cl)(Cl)Cl)c1ccc(Br)cc1. The van der Waals surface area contributed by atoms with Gasteiger partial charge in [-0.3, -0.25) is 9.59 Å². The highest BCUT2D eigenvalue weighted by atomic mass is 79.9. The average Bonchev–Trinajstić information content (AvgIpc) is 2.73. The number of carbonyl (C=O) groups excluding carboxylic acids is 1. The van der Waals surface area contributed by atoms with Crippen LogP contribution >= 0.6 is 63.0 Å². The fourth-order valence-electron chi connectivity index (χ4n) is 4.29. The van der Waals surface area contributed by atoms with Crippen molar-refractivity contribution in [1.82, 2.24) is 20.1 Å². The predicted molar refractivity (Wildman–Crippen MR) is 135 cm³/mol. The molecule has 0 saturated carbocycles. The Kier molecular flexibility index (Phi) is 7.08. The molecule has 0 spiro atoms. The van der Waals surface area contributed by atoms with E-state index in [1.54, 1.807) is 36.4 Å². The van der Waals surface area contributed by atoms with Crippen LogP contribution < -0.4 is 16.2 Å². The third-order valence-corrected chi connectivity index (χ3v) is 7.30. The van der Waals surface area contributed by atoms with Crippen LogP contribution in [0.2, 0.25) is 0 Å². The fraction of sp³-hybridized carbons (Fsp3) is 0.381. The van der Waals surface area contributed by atoms with Gasteiger partial charge in [0.25, 0.3) is 11.5 Å². The number of carbonyl (C=O) groups is 1. The number of amides is 1. The maximum atomic E-state index is 12.7. The van der Waals surface area contributed by atoms with Gasteiger partial charge in [0.1, 0.15) is 6.17 Å². The Morgan fingerprint density at radius 2 is 1.81 bits per heavy atom. The second-order valence-corrected chi connectivity index (χ2v) is 11.7. The van der Waals surface area contributed by atoms with Gasteiger partial charge in [0.05, 0.1) is 0 Å². The number of fused-ring (bicyclic) bond motifs is 4. The quantitative estimate of drug-likeness (QED) is 0.327. The van der Waals surface area contributed by atoms with Crippen molar-refractivity contribution in [2.75, 3.05) is 13.1 Å². The number of pyridine rings is 1. The summed E-state index contributed by atoms with van der Waals surface area (Å²) in [5.74, 6) is 0.0670. The van der Waals surface area contributed by atoms with Crippen molar-refractivity contribution >= 4 is 74.0 Å². The van der Waals surface area contributed by atoms with Crippen molar-refractivity contribution in [1.29, 1.82) is 0 Å². The molecule has 2 bridgehead atoms. The molecule has 32 heavy (non-hydrogen) atoms. The van der Waals surface area contributed by atoms with E-state index in [9.17, 15) is 9.59 Å². The van der Waals surface area contributed by atoms with Crippen molar-refractivity contribution in [3.05, 3.63) is 68.5 Å². The van der Waals surface area contributed by atoms with Crippen molar-refractivity contribution in [3.63, 3.8) is 0 Å². The molecule has 2 aliphatic rings. The molecular formula is C21H20BrCl3N4O2S. The van der Waals surface area contributed by atoms with Gasteiger partial charge >= 0.3 is 0 Å². The molecule has 2 aliphatic heterocycles. The minimum absolute atomic E-state index is 0.0262. The first-order valence-electron chi connectivity index (χ1n) is 10.00. The van der Waals surface area contributed by atoms with Crippen LogP contribution in [0, 0.1) is 5.92 Å². The van der Waals surface area contributed by atoms with Crippen LogP contribution in [0.25, 0.3) is 0 Å². The Labute approximate surface area is 214 Å². The molecule has 3 heterocycles. The van der Waals surface area contributed by atoms with E-state index in [0.717, 1.165) is 16.6 Å². The summed E-state index contributed by atoms with van der Waals surface area (Å²) in [5, 5.41) is 6.12. The first kappa shape index (κ1) is 23.8. The summed E-state index contributed by atoms with van der Waals surface area (Å²) in [5.41, 5.74) is 1.47. The summed E-state index contributed by atoms with van der Waals surface area (Å²) in [4.78, 5) is 26.9. The monoisotopic (exact) mass is 576 g/mol. The Bertz CT molecular complexity index is 1090. The molecule has 170 valence electrons. The molecule has 2 N–H and O–H groups in total. The zero-order chi connectivity index (χ0) is 23.0. The summed E-state index contributed by atoms with van der Waals surface area (Å²) < 4.78 is 0.876. The van der Waals surface area contributed by atoms with Crippen LogP contribution in [0.4, 0.5) is 0 Å². The Morgan fingerprint density at radius 3 is 2.50 bits per heavy atom. The van der Waals surface area contributed by atoms with Crippen molar-refractivity contribution in [3.8, 4) is 0 Å². The van der Waals surface area contributed by atoms with Gasteiger partial charge in [-0.1, -0.05) is 56.8 Å². The minimum Gasteiger partial charge on any atom is -0.348 e. The highest BCUT2D eigenvalue weighted by molar-refractivity contribution is 9.10. The van der Waals surface area contributed by atoms with E-state index in [2.05, 4.69) is 26.6 Å². The van der Waals surface area contributed by atoms with E-state index >= 15 is 0 Å². The second-order valence-electron chi connectivity index (χ2n) is 8.01. The number of likely N-dealkylation sites (tertiary alicyclic amines) is 1. The number of hydrogen-bond acceptors (Lipinski definition) is 3. The number of rotatable bonds is 3. The van der Waals surface area contributed by atoms with Gasteiger partial charge in [0, 0.05) is 47.3 Å². The highest BCUT2D eigenvalue weighted by Gasteiger charge is 2.39. The molecule has 3 atom stereocenters. The van der Waals surface area contributed by atoms with Gasteiger partial charge in [0.2, 0.25) is 3.79 Å². The summed E-state index contributed by atoms with van der Waals surface area (Å²) in [6, 6.07) is 12.2. The van der Waals surface area contributed by atoms with E-state index in [1.807, 2.05) is 15.5 Å². The topological polar surface area (TPSA) is 66.4 Å². The molecule has 11 heteroatoms. The zero-order valence-corrected chi connectivity index (χ0v) is 21.4. The Balaban J connectivity index is 1.47.